The highest BCUT2D eigenvalue weighted by Gasteiger charge is 2.22. The summed E-state index contributed by atoms with van der Waals surface area (Å²) in [5.41, 5.74) is 0. The SMILES string of the molecule is CCCCCCN(CCCCCC)C(=O)Oc1c(OCC)cc(OCC)c2cc(Cl)ccc12. The lowest BCUT2D eigenvalue weighted by Crippen LogP contribution is -2.35. The minimum Gasteiger partial charge on any atom is -0.493 e. The van der Waals surface area contributed by atoms with Crippen LogP contribution in [0.25, 0.3) is 10.8 Å². The van der Waals surface area contributed by atoms with Crippen LogP contribution in [0, 0.1) is 0 Å². The van der Waals surface area contributed by atoms with Gasteiger partial charge in [0.2, 0.25) is 0 Å². The van der Waals surface area contributed by atoms with Crippen molar-refractivity contribution < 1.29 is 19.0 Å². The van der Waals surface area contributed by atoms with Crippen molar-refractivity contribution in [2.24, 2.45) is 0 Å². The number of amides is 1. The second kappa shape index (κ2) is 14.9. The molecular formula is C27H40ClNO4. The molecule has 0 spiro atoms. The Morgan fingerprint density at radius 2 is 1.39 bits per heavy atom. The molecule has 0 unspecified atom stereocenters. The zero-order valence-corrected chi connectivity index (χ0v) is 21.5. The molecule has 0 heterocycles. The van der Waals surface area contributed by atoms with Gasteiger partial charge in [-0.3, -0.25) is 0 Å². The fraction of sp³-hybridized carbons (Fsp3) is 0.593. The van der Waals surface area contributed by atoms with Gasteiger partial charge in [0.25, 0.3) is 0 Å². The van der Waals surface area contributed by atoms with Crippen molar-refractivity contribution >= 4 is 28.5 Å². The van der Waals surface area contributed by atoms with Gasteiger partial charge in [0.1, 0.15) is 5.75 Å². The summed E-state index contributed by atoms with van der Waals surface area (Å²) in [6.45, 7) is 10.6. The number of halogens is 1. The van der Waals surface area contributed by atoms with Gasteiger partial charge in [-0.05, 0) is 44.9 Å². The Morgan fingerprint density at radius 3 is 1.97 bits per heavy atom. The summed E-state index contributed by atoms with van der Waals surface area (Å²) in [4.78, 5) is 15.2. The first-order valence-corrected chi connectivity index (χ1v) is 12.9. The molecule has 184 valence electrons. The average Bonchev–Trinajstić information content (AvgIpc) is 2.80. The van der Waals surface area contributed by atoms with Crippen molar-refractivity contribution in [2.45, 2.75) is 79.1 Å². The highest BCUT2D eigenvalue weighted by Crippen LogP contribution is 2.43. The molecule has 2 rings (SSSR count). The molecule has 1 amide bonds. The van der Waals surface area contributed by atoms with Crippen LogP contribution in [0.4, 0.5) is 4.79 Å². The van der Waals surface area contributed by atoms with Crippen LogP contribution in [-0.2, 0) is 0 Å². The molecule has 0 saturated heterocycles. The summed E-state index contributed by atoms with van der Waals surface area (Å²) in [5.74, 6) is 1.58. The predicted octanol–water partition coefficient (Wildman–Crippen LogP) is 8.25. The number of hydrogen-bond acceptors (Lipinski definition) is 4. The molecule has 0 aromatic heterocycles. The number of fused-ring (bicyclic) bond motifs is 1. The highest BCUT2D eigenvalue weighted by atomic mass is 35.5. The quantitative estimate of drug-likeness (QED) is 0.242. The maximum atomic E-state index is 13.3. The topological polar surface area (TPSA) is 48.0 Å². The Morgan fingerprint density at radius 1 is 0.788 bits per heavy atom. The van der Waals surface area contributed by atoms with E-state index in [0.717, 1.165) is 36.5 Å². The van der Waals surface area contributed by atoms with Crippen LogP contribution in [0.3, 0.4) is 0 Å². The van der Waals surface area contributed by atoms with Crippen LogP contribution in [0.2, 0.25) is 5.02 Å². The van der Waals surface area contributed by atoms with E-state index in [4.69, 9.17) is 25.8 Å². The molecule has 0 fully saturated rings. The van der Waals surface area contributed by atoms with Gasteiger partial charge in [0.15, 0.2) is 11.5 Å². The van der Waals surface area contributed by atoms with Crippen molar-refractivity contribution in [3.63, 3.8) is 0 Å². The fourth-order valence-electron chi connectivity index (χ4n) is 3.86. The minimum absolute atomic E-state index is 0.329. The standard InChI is InChI=1S/C27H40ClNO4/c1-5-9-11-13-17-29(18-14-12-10-6-2)27(30)33-26-22-16-15-21(28)19-23(22)24(31-7-3)20-25(26)32-8-4/h15-16,19-20H,5-14,17-18H2,1-4H3. The molecule has 0 bridgehead atoms. The Bertz CT molecular complexity index is 859. The Kier molecular flexibility index (Phi) is 12.2. The van der Waals surface area contributed by atoms with E-state index in [-0.39, 0.29) is 6.09 Å². The molecule has 2 aromatic rings. The van der Waals surface area contributed by atoms with Crippen molar-refractivity contribution in [1.29, 1.82) is 0 Å². The van der Waals surface area contributed by atoms with E-state index < -0.39 is 0 Å². The third-order valence-corrected chi connectivity index (χ3v) is 5.82. The Balaban J connectivity index is 2.33. The van der Waals surface area contributed by atoms with Gasteiger partial charge in [0, 0.05) is 35.0 Å². The number of nitrogens with zero attached hydrogens (tertiary/aromatic N) is 1. The number of carbonyl (C=O) groups excluding carboxylic acids is 1. The maximum absolute atomic E-state index is 13.3. The smallest absolute Gasteiger partial charge is 0.415 e. The van der Waals surface area contributed by atoms with Crippen LogP contribution < -0.4 is 14.2 Å². The Hall–Kier alpha value is -2.14. The van der Waals surface area contributed by atoms with Crippen molar-refractivity contribution in [2.75, 3.05) is 26.3 Å². The normalized spacial score (nSPS) is 10.9. The fourth-order valence-corrected chi connectivity index (χ4v) is 4.03. The number of hydrogen-bond donors (Lipinski definition) is 0. The number of rotatable bonds is 15. The van der Waals surface area contributed by atoms with Crippen LogP contribution in [0.15, 0.2) is 24.3 Å². The molecule has 0 N–H and O–H groups in total. The number of ether oxygens (including phenoxy) is 3. The first-order valence-electron chi connectivity index (χ1n) is 12.5. The molecule has 0 aliphatic carbocycles. The van der Waals surface area contributed by atoms with Crippen molar-refractivity contribution in [3.8, 4) is 17.2 Å². The van der Waals surface area contributed by atoms with E-state index >= 15 is 0 Å². The minimum atomic E-state index is -0.329. The Labute approximate surface area is 204 Å². The second-order valence-electron chi connectivity index (χ2n) is 8.23. The third kappa shape index (κ3) is 8.29. The lowest BCUT2D eigenvalue weighted by molar-refractivity contribution is 0.148. The van der Waals surface area contributed by atoms with Gasteiger partial charge in [-0.2, -0.15) is 0 Å². The molecular weight excluding hydrogens is 438 g/mol. The summed E-state index contributed by atoms with van der Waals surface area (Å²) < 4.78 is 17.7. The molecule has 0 aliphatic rings. The van der Waals surface area contributed by atoms with Gasteiger partial charge in [0.05, 0.1) is 13.2 Å². The zero-order chi connectivity index (χ0) is 24.1. The number of carbonyl (C=O) groups is 1. The van der Waals surface area contributed by atoms with E-state index in [2.05, 4.69) is 13.8 Å². The van der Waals surface area contributed by atoms with Crippen LogP contribution in [-0.4, -0.2) is 37.3 Å². The average molecular weight is 478 g/mol. The second-order valence-corrected chi connectivity index (χ2v) is 8.67. The predicted molar refractivity (Wildman–Crippen MR) is 137 cm³/mol. The van der Waals surface area contributed by atoms with Crippen LogP contribution in [0.5, 0.6) is 17.2 Å². The molecule has 5 nitrogen and oxygen atoms in total. The van der Waals surface area contributed by atoms with Gasteiger partial charge in [-0.15, -0.1) is 0 Å². The van der Waals surface area contributed by atoms with Gasteiger partial charge in [-0.25, -0.2) is 4.79 Å². The summed E-state index contributed by atoms with van der Waals surface area (Å²) >= 11 is 6.26. The summed E-state index contributed by atoms with van der Waals surface area (Å²) in [6, 6.07) is 7.28. The monoisotopic (exact) mass is 477 g/mol. The molecule has 0 saturated carbocycles. The molecule has 2 aromatic carbocycles. The molecule has 33 heavy (non-hydrogen) atoms. The van der Waals surface area contributed by atoms with E-state index in [1.807, 2.05) is 30.9 Å². The van der Waals surface area contributed by atoms with Crippen LogP contribution >= 0.6 is 11.6 Å². The summed E-state index contributed by atoms with van der Waals surface area (Å²) in [6.07, 6.45) is 8.55. The first kappa shape index (κ1) is 27.1. The number of benzene rings is 2. The summed E-state index contributed by atoms with van der Waals surface area (Å²) in [5, 5.41) is 2.14. The lowest BCUT2D eigenvalue weighted by atomic mass is 10.1. The maximum Gasteiger partial charge on any atom is 0.415 e. The number of unbranched alkanes of at least 4 members (excludes halogenated alkanes) is 6. The molecule has 6 heteroatoms. The molecule has 0 atom stereocenters. The van der Waals surface area contributed by atoms with Crippen molar-refractivity contribution in [3.05, 3.63) is 29.3 Å². The molecule has 0 aliphatic heterocycles. The first-order chi connectivity index (χ1) is 16.0. The van der Waals surface area contributed by atoms with E-state index in [0.29, 0.717) is 48.6 Å². The van der Waals surface area contributed by atoms with E-state index in [1.165, 1.54) is 25.7 Å². The van der Waals surface area contributed by atoms with Gasteiger partial charge < -0.3 is 19.1 Å². The summed E-state index contributed by atoms with van der Waals surface area (Å²) in [7, 11) is 0. The largest absolute Gasteiger partial charge is 0.493 e. The molecule has 0 radical (unpaired) electrons. The van der Waals surface area contributed by atoms with E-state index in [1.54, 1.807) is 12.1 Å². The van der Waals surface area contributed by atoms with Gasteiger partial charge >= 0.3 is 6.09 Å². The third-order valence-electron chi connectivity index (χ3n) is 5.59. The zero-order valence-electron chi connectivity index (χ0n) is 20.8. The highest BCUT2D eigenvalue weighted by molar-refractivity contribution is 6.31. The van der Waals surface area contributed by atoms with Crippen LogP contribution in [0.1, 0.15) is 79.1 Å². The van der Waals surface area contributed by atoms with E-state index in [9.17, 15) is 4.79 Å². The van der Waals surface area contributed by atoms with Gasteiger partial charge in [-0.1, -0.05) is 64.0 Å². The lowest BCUT2D eigenvalue weighted by Gasteiger charge is -2.24. The van der Waals surface area contributed by atoms with Crippen molar-refractivity contribution in [1.82, 2.24) is 4.90 Å².